The highest BCUT2D eigenvalue weighted by Crippen LogP contribution is 2.37. The van der Waals surface area contributed by atoms with Crippen LogP contribution in [0.4, 0.5) is 11.4 Å². The van der Waals surface area contributed by atoms with Crippen molar-refractivity contribution < 1.29 is 14.4 Å². The molecule has 0 atom stereocenters. The Kier molecular flexibility index (Phi) is 6.84. The van der Waals surface area contributed by atoms with Crippen molar-refractivity contribution in [1.82, 2.24) is 4.90 Å². The summed E-state index contributed by atoms with van der Waals surface area (Å²) in [6.07, 6.45) is 0. The van der Waals surface area contributed by atoms with E-state index in [0.29, 0.717) is 16.2 Å². The lowest BCUT2D eigenvalue weighted by Crippen LogP contribution is -2.38. The van der Waals surface area contributed by atoms with Crippen LogP contribution in [-0.4, -0.2) is 28.7 Å². The number of nitrogens with zero attached hydrogens (tertiary/aromatic N) is 1. The summed E-state index contributed by atoms with van der Waals surface area (Å²) in [5, 5.41) is 6.01. The number of carbonyl (C=O) groups excluding carboxylic acids is 3. The molecule has 0 spiro atoms. The molecule has 7 heteroatoms. The summed E-state index contributed by atoms with van der Waals surface area (Å²) >= 11 is 1.23. The van der Waals surface area contributed by atoms with E-state index >= 15 is 0 Å². The van der Waals surface area contributed by atoms with Crippen molar-refractivity contribution in [1.29, 1.82) is 0 Å². The van der Waals surface area contributed by atoms with E-state index in [1.54, 1.807) is 24.3 Å². The number of rotatable bonds is 7. The van der Waals surface area contributed by atoms with Crippen molar-refractivity contribution in [2.75, 3.05) is 10.6 Å². The molecule has 0 saturated carbocycles. The standard InChI is InChI=1S/C27H25N3O3S/c1-17(2)30-26(32)23(28-20-11-9-18(3)10-12-20)24(27(30)33)34-22-15-13-21(14-16-22)29-25(31)19-7-5-4-6-8-19/h4-17,28H,1-3H3,(H,29,31). The van der Waals surface area contributed by atoms with Crippen LogP contribution in [0.3, 0.4) is 0 Å². The lowest BCUT2D eigenvalue weighted by atomic mass is 10.2. The fourth-order valence-electron chi connectivity index (χ4n) is 3.50. The van der Waals surface area contributed by atoms with Gasteiger partial charge < -0.3 is 10.6 Å². The summed E-state index contributed by atoms with van der Waals surface area (Å²) in [6.45, 7) is 5.62. The summed E-state index contributed by atoms with van der Waals surface area (Å²) in [6, 6.07) is 23.5. The molecule has 3 aromatic rings. The predicted octanol–water partition coefficient (Wildman–Crippen LogP) is 5.44. The van der Waals surface area contributed by atoms with Crippen LogP contribution in [0, 0.1) is 6.92 Å². The van der Waals surface area contributed by atoms with Crippen LogP contribution >= 0.6 is 11.8 Å². The molecule has 0 radical (unpaired) electrons. The molecule has 1 aliphatic rings. The van der Waals surface area contributed by atoms with Crippen LogP contribution in [0.2, 0.25) is 0 Å². The van der Waals surface area contributed by atoms with Crippen LogP contribution in [0.15, 0.2) is 94.4 Å². The minimum Gasteiger partial charge on any atom is -0.350 e. The average Bonchev–Trinajstić information content (AvgIpc) is 3.06. The third kappa shape index (κ3) is 5.05. The highest BCUT2D eigenvalue weighted by atomic mass is 32.2. The van der Waals surface area contributed by atoms with Crippen molar-refractivity contribution in [2.45, 2.75) is 31.7 Å². The third-order valence-corrected chi connectivity index (χ3v) is 6.37. The number of benzene rings is 3. The van der Waals surface area contributed by atoms with E-state index in [2.05, 4.69) is 10.6 Å². The van der Waals surface area contributed by atoms with Crippen molar-refractivity contribution in [2.24, 2.45) is 0 Å². The first-order valence-electron chi connectivity index (χ1n) is 10.9. The number of nitrogens with one attached hydrogen (secondary N) is 2. The molecular weight excluding hydrogens is 446 g/mol. The van der Waals surface area contributed by atoms with Gasteiger partial charge in [-0.05, 0) is 69.3 Å². The Balaban J connectivity index is 1.55. The number of carbonyl (C=O) groups is 3. The molecule has 0 aliphatic carbocycles. The van der Waals surface area contributed by atoms with E-state index in [4.69, 9.17) is 0 Å². The number of hydrogen-bond donors (Lipinski definition) is 2. The summed E-state index contributed by atoms with van der Waals surface area (Å²) in [5.41, 5.74) is 3.33. The van der Waals surface area contributed by atoms with E-state index in [9.17, 15) is 14.4 Å². The summed E-state index contributed by atoms with van der Waals surface area (Å²) in [4.78, 5) is 41.0. The Morgan fingerprint density at radius 3 is 2.06 bits per heavy atom. The second-order valence-corrected chi connectivity index (χ2v) is 9.30. The van der Waals surface area contributed by atoms with E-state index < -0.39 is 0 Å². The van der Waals surface area contributed by atoms with Gasteiger partial charge in [0, 0.05) is 27.9 Å². The molecule has 1 aliphatic heterocycles. The van der Waals surface area contributed by atoms with Gasteiger partial charge in [0.1, 0.15) is 10.6 Å². The third-order valence-electron chi connectivity index (χ3n) is 5.28. The minimum atomic E-state index is -0.338. The van der Waals surface area contributed by atoms with Crippen LogP contribution < -0.4 is 10.6 Å². The number of thioether (sulfide) groups is 1. The van der Waals surface area contributed by atoms with Crippen molar-refractivity contribution in [3.8, 4) is 0 Å². The Bertz CT molecular complexity index is 1250. The first-order valence-corrected chi connectivity index (χ1v) is 11.8. The van der Waals surface area contributed by atoms with E-state index in [0.717, 1.165) is 16.1 Å². The molecule has 0 bridgehead atoms. The molecule has 3 amide bonds. The molecule has 1 heterocycles. The highest BCUT2D eigenvalue weighted by Gasteiger charge is 2.40. The van der Waals surface area contributed by atoms with Gasteiger partial charge in [-0.25, -0.2) is 0 Å². The van der Waals surface area contributed by atoms with Crippen LogP contribution in [-0.2, 0) is 9.59 Å². The molecule has 0 aromatic heterocycles. The Morgan fingerprint density at radius 1 is 0.824 bits per heavy atom. The maximum atomic E-state index is 13.1. The molecule has 6 nitrogen and oxygen atoms in total. The second-order valence-electron chi connectivity index (χ2n) is 8.22. The molecular formula is C27H25N3O3S. The molecule has 2 N–H and O–H groups in total. The van der Waals surface area contributed by atoms with Gasteiger partial charge in [0.15, 0.2) is 0 Å². The summed E-state index contributed by atoms with van der Waals surface area (Å²) in [5.74, 6) is -0.853. The zero-order valence-electron chi connectivity index (χ0n) is 19.2. The Hall–Kier alpha value is -3.84. The first-order chi connectivity index (χ1) is 16.3. The zero-order valence-corrected chi connectivity index (χ0v) is 20.0. The predicted molar refractivity (Wildman–Crippen MR) is 136 cm³/mol. The second kappa shape index (κ2) is 9.97. The normalized spacial score (nSPS) is 13.6. The number of amides is 3. The maximum Gasteiger partial charge on any atom is 0.278 e. The number of aryl methyl sites for hydroxylation is 1. The number of imide groups is 1. The van der Waals surface area contributed by atoms with Crippen molar-refractivity contribution >= 4 is 40.9 Å². The molecule has 4 rings (SSSR count). The summed E-state index contributed by atoms with van der Waals surface area (Å²) in [7, 11) is 0. The molecule has 172 valence electrons. The molecule has 3 aromatic carbocycles. The first kappa shape index (κ1) is 23.3. The minimum absolute atomic E-state index is 0.197. The SMILES string of the molecule is Cc1ccc(NC2=C(Sc3ccc(NC(=O)c4ccccc4)cc3)C(=O)N(C(C)C)C2=O)cc1. The van der Waals surface area contributed by atoms with Gasteiger partial charge in [0.05, 0.1) is 0 Å². The van der Waals surface area contributed by atoms with E-state index in [-0.39, 0.29) is 29.5 Å². The molecule has 0 unspecified atom stereocenters. The molecule has 0 saturated heterocycles. The smallest absolute Gasteiger partial charge is 0.278 e. The fourth-order valence-corrected chi connectivity index (χ4v) is 4.43. The van der Waals surface area contributed by atoms with Crippen LogP contribution in [0.5, 0.6) is 0 Å². The van der Waals surface area contributed by atoms with Gasteiger partial charge in [-0.15, -0.1) is 0 Å². The fraction of sp³-hybridized carbons (Fsp3) is 0.148. The molecule has 34 heavy (non-hydrogen) atoms. The van der Waals surface area contributed by atoms with Gasteiger partial charge in [-0.1, -0.05) is 47.7 Å². The maximum absolute atomic E-state index is 13.1. The van der Waals surface area contributed by atoms with Gasteiger partial charge in [-0.2, -0.15) is 0 Å². The largest absolute Gasteiger partial charge is 0.350 e. The van der Waals surface area contributed by atoms with E-state index in [1.807, 2.05) is 75.4 Å². The number of anilines is 2. The number of hydrogen-bond acceptors (Lipinski definition) is 5. The van der Waals surface area contributed by atoms with Crippen molar-refractivity contribution in [3.63, 3.8) is 0 Å². The van der Waals surface area contributed by atoms with Crippen LogP contribution in [0.1, 0.15) is 29.8 Å². The lowest BCUT2D eigenvalue weighted by molar-refractivity contribution is -0.139. The summed E-state index contributed by atoms with van der Waals surface area (Å²) < 4.78 is 0. The topological polar surface area (TPSA) is 78.5 Å². The monoisotopic (exact) mass is 471 g/mol. The quantitative estimate of drug-likeness (QED) is 0.449. The van der Waals surface area contributed by atoms with Crippen LogP contribution in [0.25, 0.3) is 0 Å². The molecule has 0 fully saturated rings. The van der Waals surface area contributed by atoms with Gasteiger partial charge in [0.25, 0.3) is 17.7 Å². The van der Waals surface area contributed by atoms with Gasteiger partial charge in [0.2, 0.25) is 0 Å². The van der Waals surface area contributed by atoms with E-state index in [1.165, 1.54) is 16.7 Å². The average molecular weight is 472 g/mol. The highest BCUT2D eigenvalue weighted by molar-refractivity contribution is 8.04. The van der Waals surface area contributed by atoms with Gasteiger partial charge in [-0.3, -0.25) is 19.3 Å². The zero-order chi connectivity index (χ0) is 24.2. The van der Waals surface area contributed by atoms with Crippen molar-refractivity contribution in [3.05, 3.63) is 101 Å². The van der Waals surface area contributed by atoms with Gasteiger partial charge >= 0.3 is 0 Å². The Morgan fingerprint density at radius 2 is 1.44 bits per heavy atom. The Labute approximate surface area is 203 Å². The lowest BCUT2D eigenvalue weighted by Gasteiger charge is -2.19.